The van der Waals surface area contributed by atoms with E-state index in [9.17, 15) is 14.4 Å². The van der Waals surface area contributed by atoms with E-state index >= 15 is 0 Å². The first-order chi connectivity index (χ1) is 26.7. The summed E-state index contributed by atoms with van der Waals surface area (Å²) in [6, 6.07) is 0. The van der Waals surface area contributed by atoms with Crippen LogP contribution in [0.3, 0.4) is 0 Å². The average Bonchev–Trinajstić information content (AvgIpc) is 3.17. The lowest BCUT2D eigenvalue weighted by Gasteiger charge is -2.18. The number of hydrogen-bond donors (Lipinski definition) is 0. The molecule has 8 nitrogen and oxygen atoms in total. The van der Waals surface area contributed by atoms with Gasteiger partial charge in [-0.25, -0.2) is 4.79 Å². The van der Waals surface area contributed by atoms with E-state index in [1.165, 1.54) is 64.2 Å². The quantitative estimate of drug-likeness (QED) is 0.0264. The fourth-order valence-electron chi connectivity index (χ4n) is 6.62. The predicted octanol–water partition coefficient (Wildman–Crippen LogP) is 13.4. The van der Waals surface area contributed by atoms with Gasteiger partial charge in [-0.2, -0.15) is 0 Å². The number of ether oxygens (including phenoxy) is 4. The second-order valence-corrected chi connectivity index (χ2v) is 15.7. The van der Waals surface area contributed by atoms with E-state index in [2.05, 4.69) is 43.1 Å². The Bertz CT molecular complexity index is 890. The molecule has 0 unspecified atom stereocenters. The lowest BCUT2D eigenvalue weighted by molar-refractivity contribution is -0.149. The Balaban J connectivity index is 4.47. The molecule has 0 aliphatic heterocycles. The zero-order valence-electron chi connectivity index (χ0n) is 36.8. The molecule has 0 aromatic carbocycles. The Labute approximate surface area is 339 Å². The molecule has 0 saturated carbocycles. The van der Waals surface area contributed by atoms with Crippen molar-refractivity contribution in [2.45, 2.75) is 232 Å². The van der Waals surface area contributed by atoms with Crippen molar-refractivity contribution in [1.82, 2.24) is 4.90 Å². The van der Waals surface area contributed by atoms with E-state index in [1.54, 1.807) is 0 Å². The summed E-state index contributed by atoms with van der Waals surface area (Å²) in [5.41, 5.74) is 0. The maximum Gasteiger partial charge on any atom is 0.508 e. The van der Waals surface area contributed by atoms with Gasteiger partial charge < -0.3 is 23.8 Å². The number of rotatable bonds is 39. The molecule has 322 valence electrons. The third-order valence-electron chi connectivity index (χ3n) is 10.1. The van der Waals surface area contributed by atoms with Gasteiger partial charge in [-0.05, 0) is 97.6 Å². The van der Waals surface area contributed by atoms with Gasteiger partial charge in [0.15, 0.2) is 0 Å². The Morgan fingerprint density at radius 3 is 1.29 bits per heavy atom. The Morgan fingerprint density at radius 1 is 0.473 bits per heavy atom. The van der Waals surface area contributed by atoms with Gasteiger partial charge in [-0.15, -0.1) is 0 Å². The average molecular weight is 778 g/mol. The van der Waals surface area contributed by atoms with E-state index < -0.39 is 6.16 Å². The number of hydrogen-bond acceptors (Lipinski definition) is 8. The molecular weight excluding hydrogens is 691 g/mol. The van der Waals surface area contributed by atoms with Crippen LogP contribution in [-0.2, 0) is 28.5 Å². The molecule has 55 heavy (non-hydrogen) atoms. The maximum atomic E-state index is 12.5. The van der Waals surface area contributed by atoms with Crippen LogP contribution in [0.2, 0.25) is 0 Å². The van der Waals surface area contributed by atoms with Crippen molar-refractivity contribution < 1.29 is 33.3 Å². The molecule has 0 heterocycles. The van der Waals surface area contributed by atoms with E-state index in [-0.39, 0.29) is 30.3 Å². The summed E-state index contributed by atoms with van der Waals surface area (Å²) in [5.74, 6) is -0.193. The molecule has 0 aliphatic rings. The molecule has 0 saturated heterocycles. The molecule has 0 spiro atoms. The molecule has 0 rings (SSSR count). The highest BCUT2D eigenvalue weighted by Crippen LogP contribution is 2.19. The zero-order chi connectivity index (χ0) is 40.6. The molecule has 0 bridgehead atoms. The second-order valence-electron chi connectivity index (χ2n) is 15.7. The third-order valence-corrected chi connectivity index (χ3v) is 10.1. The number of unbranched alkanes of at least 4 members (excludes halogenated alkanes) is 16. The summed E-state index contributed by atoms with van der Waals surface area (Å²) in [5, 5.41) is 0. The second kappa shape index (κ2) is 39.9. The van der Waals surface area contributed by atoms with Crippen LogP contribution in [-0.4, -0.2) is 68.6 Å². The largest absolute Gasteiger partial charge is 0.508 e. The van der Waals surface area contributed by atoms with Gasteiger partial charge in [-0.3, -0.25) is 9.59 Å². The number of nitrogens with zero attached hydrogens (tertiary/aromatic N) is 1. The van der Waals surface area contributed by atoms with Crippen LogP contribution in [0.15, 0.2) is 24.3 Å². The van der Waals surface area contributed by atoms with Crippen LogP contribution >= 0.6 is 0 Å². The number of allylic oxidation sites excluding steroid dienone is 2. The van der Waals surface area contributed by atoms with Crippen molar-refractivity contribution >= 4 is 18.1 Å². The SMILES string of the molecule is CCCCCC[C@H](C/C=C\CCCCCCCC(CCCCCCC/C=C\C[C@@H](CCCCCC)OC(=O)CC)OC(=O)OCCCN(C)C)OC(=O)CC. The summed E-state index contributed by atoms with van der Waals surface area (Å²) in [6.45, 7) is 9.41. The first-order valence-corrected chi connectivity index (χ1v) is 22.9. The van der Waals surface area contributed by atoms with Crippen LogP contribution in [0.5, 0.6) is 0 Å². The van der Waals surface area contributed by atoms with Crippen LogP contribution in [0.1, 0.15) is 214 Å². The Hall–Kier alpha value is -2.35. The third kappa shape index (κ3) is 37.0. The van der Waals surface area contributed by atoms with Crippen LogP contribution in [0, 0.1) is 0 Å². The summed E-state index contributed by atoms with van der Waals surface area (Å²) in [4.78, 5) is 38.3. The van der Waals surface area contributed by atoms with Crippen LogP contribution < -0.4 is 0 Å². The smallest absolute Gasteiger partial charge is 0.462 e. The van der Waals surface area contributed by atoms with Crippen molar-refractivity contribution in [1.29, 1.82) is 0 Å². The predicted molar refractivity (Wildman–Crippen MR) is 229 cm³/mol. The van der Waals surface area contributed by atoms with Crippen molar-refractivity contribution in [3.8, 4) is 0 Å². The summed E-state index contributed by atoms with van der Waals surface area (Å²) in [6.07, 6.45) is 38.4. The minimum absolute atomic E-state index is 0.00763. The topological polar surface area (TPSA) is 91.4 Å². The number of carbonyl (C=O) groups excluding carboxylic acids is 3. The minimum Gasteiger partial charge on any atom is -0.462 e. The van der Waals surface area contributed by atoms with E-state index in [0.29, 0.717) is 19.4 Å². The maximum absolute atomic E-state index is 12.5. The molecule has 0 radical (unpaired) electrons. The van der Waals surface area contributed by atoms with Gasteiger partial charge in [0.05, 0.1) is 6.61 Å². The monoisotopic (exact) mass is 778 g/mol. The number of esters is 2. The molecule has 2 atom stereocenters. The van der Waals surface area contributed by atoms with Gasteiger partial charge in [0.25, 0.3) is 0 Å². The highest BCUT2D eigenvalue weighted by atomic mass is 16.7. The van der Waals surface area contributed by atoms with Gasteiger partial charge in [0.2, 0.25) is 0 Å². The van der Waals surface area contributed by atoms with Crippen molar-refractivity contribution in [2.75, 3.05) is 27.2 Å². The van der Waals surface area contributed by atoms with Gasteiger partial charge >= 0.3 is 18.1 Å². The molecule has 0 aliphatic carbocycles. The zero-order valence-corrected chi connectivity index (χ0v) is 36.8. The molecule has 0 fully saturated rings. The van der Waals surface area contributed by atoms with E-state index in [1.807, 2.05) is 27.9 Å². The molecule has 0 N–H and O–H groups in total. The van der Waals surface area contributed by atoms with Crippen LogP contribution in [0.4, 0.5) is 4.79 Å². The lowest BCUT2D eigenvalue weighted by Crippen LogP contribution is -2.21. The number of carbonyl (C=O) groups is 3. The Kier molecular flexibility index (Phi) is 38.2. The molecule has 0 aromatic rings. The fourth-order valence-corrected chi connectivity index (χ4v) is 6.62. The van der Waals surface area contributed by atoms with E-state index in [4.69, 9.17) is 18.9 Å². The lowest BCUT2D eigenvalue weighted by atomic mass is 10.0. The van der Waals surface area contributed by atoms with Gasteiger partial charge in [-0.1, -0.05) is 129 Å². The standard InChI is InChI=1S/C47H87NO7/c1-7-11-13-27-34-42(53-45(49)9-3)36-29-23-19-15-17-21-25-31-38-44(55-47(51)52-41-33-40-48(5)6)39-32-26-22-18-16-20-24-30-37-43(54-46(50)10-4)35-28-14-12-8-2/h23-24,29-30,42-44H,7-22,25-28,31-41H2,1-6H3/b29-23-,30-24-/t42-,43-/m1/s1. The minimum atomic E-state index is -0.525. The first-order valence-electron chi connectivity index (χ1n) is 22.9. The van der Waals surface area contributed by atoms with Crippen molar-refractivity contribution in [2.24, 2.45) is 0 Å². The summed E-state index contributed by atoms with van der Waals surface area (Å²) < 4.78 is 22.6. The highest BCUT2D eigenvalue weighted by Gasteiger charge is 2.16. The van der Waals surface area contributed by atoms with E-state index in [0.717, 1.165) is 116 Å². The molecule has 8 heteroatoms. The van der Waals surface area contributed by atoms with Gasteiger partial charge in [0.1, 0.15) is 18.3 Å². The fraction of sp³-hybridized carbons (Fsp3) is 0.851. The molecular formula is C47H87NO7. The van der Waals surface area contributed by atoms with Crippen LogP contribution in [0.25, 0.3) is 0 Å². The first kappa shape index (κ1) is 52.6. The highest BCUT2D eigenvalue weighted by molar-refractivity contribution is 5.69. The van der Waals surface area contributed by atoms with Crippen molar-refractivity contribution in [3.05, 3.63) is 24.3 Å². The Morgan fingerprint density at radius 2 is 0.873 bits per heavy atom. The summed E-state index contributed by atoms with van der Waals surface area (Å²) >= 11 is 0. The van der Waals surface area contributed by atoms with Crippen molar-refractivity contribution in [3.63, 3.8) is 0 Å². The normalized spacial score (nSPS) is 12.9. The van der Waals surface area contributed by atoms with Gasteiger partial charge in [0, 0.05) is 32.2 Å². The molecule has 0 amide bonds. The molecule has 0 aromatic heterocycles. The summed E-state index contributed by atoms with van der Waals surface area (Å²) in [7, 11) is 4.03.